The molecule has 0 spiro atoms. The summed E-state index contributed by atoms with van der Waals surface area (Å²) >= 11 is 0. The fraction of sp³-hybridized carbons (Fsp3) is 0.300. The number of rotatable bonds is 6. The molecule has 0 bridgehead atoms. The van der Waals surface area contributed by atoms with Crippen LogP contribution in [0.1, 0.15) is 39.2 Å². The van der Waals surface area contributed by atoms with Crippen molar-refractivity contribution in [3.05, 3.63) is 90.4 Å². The van der Waals surface area contributed by atoms with Crippen molar-refractivity contribution in [2.75, 3.05) is 4.90 Å². The van der Waals surface area contributed by atoms with E-state index in [1.54, 1.807) is 27.9 Å². The molecule has 1 fully saturated rings. The minimum absolute atomic E-state index is 0.0607. The molecule has 4 aromatic rings. The minimum Gasteiger partial charge on any atom is -0.444 e. The van der Waals surface area contributed by atoms with E-state index in [-0.39, 0.29) is 24.2 Å². The van der Waals surface area contributed by atoms with Crippen molar-refractivity contribution < 1.29 is 18.7 Å². The number of nitrogens with zero attached hydrogens (tertiary/aromatic N) is 3. The number of benzene rings is 3. The normalized spacial score (nSPS) is 17.7. The van der Waals surface area contributed by atoms with E-state index in [9.17, 15) is 14.0 Å². The van der Waals surface area contributed by atoms with Crippen LogP contribution in [0.3, 0.4) is 0 Å². The highest BCUT2D eigenvalue weighted by Gasteiger charge is 2.41. The number of alkyl carbamates (subject to hydrolysis) is 1. The number of anilines is 1. The van der Waals surface area contributed by atoms with Crippen LogP contribution in [-0.2, 0) is 16.0 Å². The zero-order chi connectivity index (χ0) is 26.9. The Balaban J connectivity index is 1.44. The summed E-state index contributed by atoms with van der Waals surface area (Å²) in [4.78, 5) is 27.8. The monoisotopic (exact) mass is 514 g/mol. The van der Waals surface area contributed by atoms with Crippen LogP contribution >= 0.6 is 0 Å². The highest BCUT2D eigenvalue weighted by molar-refractivity contribution is 5.99. The van der Waals surface area contributed by atoms with E-state index in [2.05, 4.69) is 22.5 Å². The van der Waals surface area contributed by atoms with Gasteiger partial charge >= 0.3 is 6.09 Å². The first-order chi connectivity index (χ1) is 18.2. The number of fused-ring (bicyclic) bond motifs is 1. The Morgan fingerprint density at radius 1 is 1.05 bits per heavy atom. The van der Waals surface area contributed by atoms with Crippen LogP contribution in [0.5, 0.6) is 0 Å². The number of aryl methyl sites for hydroxylation is 1. The van der Waals surface area contributed by atoms with Gasteiger partial charge in [0.2, 0.25) is 5.91 Å². The van der Waals surface area contributed by atoms with Crippen molar-refractivity contribution in [1.29, 1.82) is 0 Å². The van der Waals surface area contributed by atoms with Gasteiger partial charge in [-0.05, 0) is 81.6 Å². The quantitative estimate of drug-likeness (QED) is 0.353. The largest absolute Gasteiger partial charge is 0.444 e. The summed E-state index contributed by atoms with van der Waals surface area (Å²) in [6.07, 6.45) is 2.82. The van der Waals surface area contributed by atoms with Gasteiger partial charge in [-0.3, -0.25) is 4.79 Å². The van der Waals surface area contributed by atoms with Gasteiger partial charge in [0.15, 0.2) is 0 Å². The van der Waals surface area contributed by atoms with Crippen LogP contribution < -0.4 is 10.2 Å². The molecule has 38 heavy (non-hydrogen) atoms. The SMILES string of the molecule is CC(C)(C)OC(=O)N[C@H]1CC(=O)N(c2ccc3c(cnn3-c3ccc(F)cc3)c2)[C@@H]1CCc1ccccc1. The Kier molecular flexibility index (Phi) is 6.89. The number of carbonyl (C=O) groups is 2. The lowest BCUT2D eigenvalue weighted by Gasteiger charge is -2.29. The lowest BCUT2D eigenvalue weighted by Crippen LogP contribution is -2.47. The lowest BCUT2D eigenvalue weighted by atomic mass is 9.99. The second-order valence-corrected chi connectivity index (χ2v) is 10.6. The second-order valence-electron chi connectivity index (χ2n) is 10.6. The van der Waals surface area contributed by atoms with Crippen LogP contribution in [0.2, 0.25) is 0 Å². The zero-order valence-electron chi connectivity index (χ0n) is 21.7. The van der Waals surface area contributed by atoms with Crippen LogP contribution in [0.4, 0.5) is 14.9 Å². The van der Waals surface area contributed by atoms with E-state index in [4.69, 9.17) is 4.74 Å². The molecule has 7 nitrogen and oxygen atoms in total. The van der Waals surface area contributed by atoms with Gasteiger partial charge in [0.1, 0.15) is 11.4 Å². The summed E-state index contributed by atoms with van der Waals surface area (Å²) in [6.45, 7) is 5.44. The molecule has 1 aliphatic rings. The molecular formula is C30H31FN4O3. The molecule has 1 aromatic heterocycles. The van der Waals surface area contributed by atoms with Crippen LogP contribution in [-0.4, -0.2) is 39.5 Å². The van der Waals surface area contributed by atoms with E-state index in [0.717, 1.165) is 28.7 Å². The Morgan fingerprint density at radius 2 is 1.76 bits per heavy atom. The Morgan fingerprint density at radius 3 is 2.47 bits per heavy atom. The smallest absolute Gasteiger partial charge is 0.407 e. The molecule has 2 atom stereocenters. The minimum atomic E-state index is -0.637. The maximum absolute atomic E-state index is 13.4. The summed E-state index contributed by atoms with van der Waals surface area (Å²) in [5.74, 6) is -0.370. The lowest BCUT2D eigenvalue weighted by molar-refractivity contribution is -0.117. The number of nitrogens with one attached hydrogen (secondary N) is 1. The molecule has 0 saturated carbocycles. The summed E-state index contributed by atoms with van der Waals surface area (Å²) in [5.41, 5.74) is 2.86. The molecule has 0 unspecified atom stereocenters. The maximum Gasteiger partial charge on any atom is 0.407 e. The predicted molar refractivity (Wildman–Crippen MR) is 145 cm³/mol. The van der Waals surface area contributed by atoms with E-state index in [0.29, 0.717) is 6.42 Å². The van der Waals surface area contributed by atoms with Crippen LogP contribution in [0, 0.1) is 5.82 Å². The Labute approximate surface area is 221 Å². The number of ether oxygens (including phenoxy) is 1. The van der Waals surface area contributed by atoms with Crippen LogP contribution in [0.25, 0.3) is 16.6 Å². The van der Waals surface area contributed by atoms with Gasteiger partial charge in [-0.15, -0.1) is 0 Å². The molecule has 1 saturated heterocycles. The molecular weight excluding hydrogens is 483 g/mol. The van der Waals surface area contributed by atoms with Crippen molar-refractivity contribution >= 4 is 28.6 Å². The summed E-state index contributed by atoms with van der Waals surface area (Å²) in [5, 5.41) is 8.28. The third-order valence-electron chi connectivity index (χ3n) is 6.63. The number of halogens is 1. The van der Waals surface area contributed by atoms with E-state index >= 15 is 0 Å². The Bertz CT molecular complexity index is 1440. The number of amides is 2. The van der Waals surface area contributed by atoms with Crippen LogP contribution in [0.15, 0.2) is 79.0 Å². The molecule has 0 radical (unpaired) electrons. The van der Waals surface area contributed by atoms with Crippen molar-refractivity contribution in [2.45, 2.75) is 57.7 Å². The van der Waals surface area contributed by atoms with Gasteiger partial charge in [-0.1, -0.05) is 30.3 Å². The standard InChI is InChI=1S/C30H31FN4O3/c1-30(2,3)38-29(37)33-25-18-28(36)34(27(25)15-9-20-7-5-4-6-8-20)24-14-16-26-21(17-24)19-32-35(26)23-12-10-22(31)11-13-23/h4-8,10-14,16-17,19,25,27H,9,15,18H2,1-3H3,(H,33,37)/t25-,27+/m0/s1. The zero-order valence-corrected chi connectivity index (χ0v) is 21.7. The fourth-order valence-corrected chi connectivity index (χ4v) is 4.98. The highest BCUT2D eigenvalue weighted by Crippen LogP contribution is 2.33. The van der Waals surface area contributed by atoms with Crippen molar-refractivity contribution in [3.63, 3.8) is 0 Å². The van der Waals surface area contributed by atoms with Gasteiger partial charge in [0.05, 0.1) is 29.5 Å². The Hall–Kier alpha value is -4.20. The van der Waals surface area contributed by atoms with Gasteiger partial charge < -0.3 is 15.0 Å². The summed E-state index contributed by atoms with van der Waals surface area (Å²) in [6, 6.07) is 21.3. The van der Waals surface area contributed by atoms with Gasteiger partial charge in [-0.25, -0.2) is 13.9 Å². The summed E-state index contributed by atoms with van der Waals surface area (Å²) in [7, 11) is 0. The van der Waals surface area contributed by atoms with E-state index in [1.165, 1.54) is 17.7 Å². The predicted octanol–water partition coefficient (Wildman–Crippen LogP) is 5.80. The molecule has 196 valence electrons. The fourth-order valence-electron chi connectivity index (χ4n) is 4.98. The average Bonchev–Trinajstić information content (AvgIpc) is 3.42. The molecule has 1 N–H and O–H groups in total. The molecule has 1 aliphatic heterocycles. The molecule has 3 aromatic carbocycles. The van der Waals surface area contributed by atoms with Gasteiger partial charge in [0.25, 0.3) is 0 Å². The van der Waals surface area contributed by atoms with Crippen molar-refractivity contribution in [2.24, 2.45) is 0 Å². The molecule has 0 aliphatic carbocycles. The van der Waals surface area contributed by atoms with Gasteiger partial charge in [0, 0.05) is 17.5 Å². The average molecular weight is 515 g/mol. The topological polar surface area (TPSA) is 76.5 Å². The van der Waals surface area contributed by atoms with E-state index in [1.807, 2.05) is 57.2 Å². The molecule has 2 amide bonds. The second kappa shape index (κ2) is 10.3. The maximum atomic E-state index is 13.4. The van der Waals surface area contributed by atoms with Crippen molar-refractivity contribution in [1.82, 2.24) is 15.1 Å². The van der Waals surface area contributed by atoms with Gasteiger partial charge in [-0.2, -0.15) is 5.10 Å². The van der Waals surface area contributed by atoms with Crippen molar-refractivity contribution in [3.8, 4) is 5.69 Å². The molecule has 8 heteroatoms. The summed E-state index contributed by atoms with van der Waals surface area (Å²) < 4.78 is 20.6. The number of carbonyl (C=O) groups excluding carboxylic acids is 2. The number of hydrogen-bond acceptors (Lipinski definition) is 4. The number of hydrogen-bond donors (Lipinski definition) is 1. The molecule has 2 heterocycles. The first-order valence-corrected chi connectivity index (χ1v) is 12.8. The highest BCUT2D eigenvalue weighted by atomic mass is 19.1. The third kappa shape index (κ3) is 5.54. The number of aromatic nitrogens is 2. The molecule has 5 rings (SSSR count). The first-order valence-electron chi connectivity index (χ1n) is 12.8. The van der Waals surface area contributed by atoms with E-state index < -0.39 is 17.7 Å². The third-order valence-corrected chi connectivity index (χ3v) is 6.63. The first kappa shape index (κ1) is 25.4.